The topological polar surface area (TPSA) is 72.6 Å². The number of fused-ring (bicyclic) bond motifs is 2. The first kappa shape index (κ1) is 19.6. The van der Waals surface area contributed by atoms with Crippen LogP contribution in [0, 0.1) is 11.6 Å². The molecular formula is C22H16F2N2O4S. The lowest BCUT2D eigenvalue weighted by molar-refractivity contribution is 0.0567. The van der Waals surface area contributed by atoms with E-state index in [1.165, 1.54) is 12.1 Å². The van der Waals surface area contributed by atoms with E-state index in [9.17, 15) is 18.4 Å². The Bertz CT molecular complexity index is 1360. The minimum atomic E-state index is -0.724. The van der Waals surface area contributed by atoms with Crippen LogP contribution in [0.2, 0.25) is 0 Å². The number of nitrogens with zero attached hydrogens (tertiary/aromatic N) is 2. The second kappa shape index (κ2) is 7.73. The number of carbonyl (C=O) groups excluding carboxylic acids is 1. The Balaban J connectivity index is 1.27. The third-order valence-corrected chi connectivity index (χ3v) is 6.13. The third-order valence-electron chi connectivity index (χ3n) is 5.24. The van der Waals surface area contributed by atoms with Crippen LogP contribution in [-0.4, -0.2) is 35.0 Å². The minimum absolute atomic E-state index is 0.00624. The number of benzene rings is 2. The van der Waals surface area contributed by atoms with E-state index in [4.69, 9.17) is 9.15 Å². The van der Waals surface area contributed by atoms with E-state index in [-0.39, 0.29) is 33.9 Å². The normalized spacial score (nSPS) is 15.0. The molecule has 0 spiro atoms. The molecule has 0 N–H and O–H groups in total. The molecule has 9 heteroatoms. The fourth-order valence-electron chi connectivity index (χ4n) is 3.67. The molecule has 1 saturated heterocycles. The summed E-state index contributed by atoms with van der Waals surface area (Å²) in [4.78, 5) is 30.8. The van der Waals surface area contributed by atoms with Crippen molar-refractivity contribution in [1.82, 2.24) is 9.88 Å². The molecule has 4 aromatic rings. The molecule has 31 heavy (non-hydrogen) atoms. The van der Waals surface area contributed by atoms with Gasteiger partial charge < -0.3 is 14.1 Å². The number of para-hydroxylation sites is 1. The standard InChI is InChI=1S/C22H16F2N2O4S/c23-12-9-15(24)20-19(10-12)31-22(25-20)29-13-5-7-26(8-6-13)21(28)18-11-16(27)14-3-1-2-4-17(14)30-18/h1-4,9-11,13H,5-8H2. The number of hydrogen-bond donors (Lipinski definition) is 0. The second-order valence-electron chi connectivity index (χ2n) is 7.29. The van der Waals surface area contributed by atoms with Gasteiger partial charge in [0.05, 0.1) is 10.1 Å². The van der Waals surface area contributed by atoms with Crippen LogP contribution in [0.15, 0.2) is 51.7 Å². The van der Waals surface area contributed by atoms with Crippen LogP contribution in [0.25, 0.3) is 21.2 Å². The first-order chi connectivity index (χ1) is 15.0. The van der Waals surface area contributed by atoms with E-state index in [0.717, 1.165) is 17.4 Å². The van der Waals surface area contributed by atoms with Crippen molar-refractivity contribution in [2.45, 2.75) is 18.9 Å². The first-order valence-corrected chi connectivity index (χ1v) is 10.5. The molecule has 158 valence electrons. The summed E-state index contributed by atoms with van der Waals surface area (Å²) < 4.78 is 39.1. The van der Waals surface area contributed by atoms with Gasteiger partial charge in [0, 0.05) is 38.1 Å². The molecule has 1 amide bonds. The summed E-state index contributed by atoms with van der Waals surface area (Å²) in [6.45, 7) is 0.821. The van der Waals surface area contributed by atoms with Crippen molar-refractivity contribution in [2.75, 3.05) is 13.1 Å². The molecule has 0 unspecified atom stereocenters. The van der Waals surface area contributed by atoms with Crippen molar-refractivity contribution in [3.05, 3.63) is 70.1 Å². The predicted molar refractivity (Wildman–Crippen MR) is 112 cm³/mol. The lowest BCUT2D eigenvalue weighted by Gasteiger charge is -2.31. The number of piperidine rings is 1. The maximum absolute atomic E-state index is 13.8. The molecule has 0 atom stereocenters. The van der Waals surface area contributed by atoms with Crippen molar-refractivity contribution < 1.29 is 22.7 Å². The molecule has 1 fully saturated rings. The van der Waals surface area contributed by atoms with Crippen LogP contribution < -0.4 is 10.2 Å². The zero-order valence-corrected chi connectivity index (χ0v) is 17.0. The van der Waals surface area contributed by atoms with E-state index in [2.05, 4.69) is 4.98 Å². The van der Waals surface area contributed by atoms with Gasteiger partial charge in [-0.05, 0) is 18.2 Å². The smallest absolute Gasteiger partial charge is 0.289 e. The molecule has 6 nitrogen and oxygen atoms in total. The van der Waals surface area contributed by atoms with Gasteiger partial charge in [-0.1, -0.05) is 23.5 Å². The summed E-state index contributed by atoms with van der Waals surface area (Å²) in [6.07, 6.45) is 0.869. The van der Waals surface area contributed by atoms with E-state index in [0.29, 0.717) is 41.6 Å². The van der Waals surface area contributed by atoms with Crippen molar-refractivity contribution in [3.8, 4) is 5.19 Å². The van der Waals surface area contributed by atoms with Crippen molar-refractivity contribution >= 4 is 38.4 Å². The average Bonchev–Trinajstić information content (AvgIpc) is 3.16. The lowest BCUT2D eigenvalue weighted by Crippen LogP contribution is -2.42. The lowest BCUT2D eigenvalue weighted by atomic mass is 10.1. The summed E-state index contributed by atoms with van der Waals surface area (Å²) in [7, 11) is 0. The van der Waals surface area contributed by atoms with E-state index >= 15 is 0 Å². The van der Waals surface area contributed by atoms with Gasteiger partial charge in [-0.25, -0.2) is 8.78 Å². The van der Waals surface area contributed by atoms with Gasteiger partial charge in [-0.3, -0.25) is 9.59 Å². The maximum atomic E-state index is 13.8. The van der Waals surface area contributed by atoms with Gasteiger partial charge >= 0.3 is 0 Å². The van der Waals surface area contributed by atoms with Gasteiger partial charge in [0.15, 0.2) is 17.0 Å². The molecule has 1 aliphatic heterocycles. The molecule has 0 bridgehead atoms. The number of ether oxygens (including phenoxy) is 1. The second-order valence-corrected chi connectivity index (χ2v) is 8.29. The Kier molecular flexibility index (Phi) is 4.90. The number of rotatable bonds is 3. The van der Waals surface area contributed by atoms with Crippen molar-refractivity contribution in [2.24, 2.45) is 0 Å². The van der Waals surface area contributed by atoms with Gasteiger partial charge in [-0.2, -0.15) is 4.98 Å². The Morgan fingerprint density at radius 3 is 2.74 bits per heavy atom. The number of thiazole rings is 1. The predicted octanol–water partition coefficient (Wildman–Crippen LogP) is 4.36. The molecule has 0 radical (unpaired) electrons. The number of hydrogen-bond acceptors (Lipinski definition) is 6. The molecule has 2 aromatic carbocycles. The zero-order chi connectivity index (χ0) is 21.5. The highest BCUT2D eigenvalue weighted by atomic mass is 32.1. The van der Waals surface area contributed by atoms with Crippen LogP contribution in [-0.2, 0) is 0 Å². The number of aromatic nitrogens is 1. The highest BCUT2D eigenvalue weighted by molar-refractivity contribution is 7.20. The Hall–Kier alpha value is -3.33. The monoisotopic (exact) mass is 442 g/mol. The van der Waals surface area contributed by atoms with Crippen LogP contribution in [0.4, 0.5) is 8.78 Å². The molecule has 2 aromatic heterocycles. The molecule has 0 aliphatic carbocycles. The Labute approximate surface area is 178 Å². The largest absolute Gasteiger partial charge is 0.467 e. The molecule has 5 rings (SSSR count). The Morgan fingerprint density at radius 1 is 1.16 bits per heavy atom. The fraction of sp³-hybridized carbons (Fsp3) is 0.227. The van der Waals surface area contributed by atoms with Crippen molar-refractivity contribution in [3.63, 3.8) is 0 Å². The summed E-state index contributed by atoms with van der Waals surface area (Å²) in [5.74, 6) is -1.73. The highest BCUT2D eigenvalue weighted by Gasteiger charge is 2.27. The molecular weight excluding hydrogens is 426 g/mol. The highest BCUT2D eigenvalue weighted by Crippen LogP contribution is 2.32. The molecule has 3 heterocycles. The number of likely N-dealkylation sites (tertiary alicyclic amines) is 1. The fourth-order valence-corrected chi connectivity index (χ4v) is 4.59. The van der Waals surface area contributed by atoms with Crippen LogP contribution >= 0.6 is 11.3 Å². The number of carbonyl (C=O) groups is 1. The molecule has 1 aliphatic rings. The molecule has 0 saturated carbocycles. The van der Waals surface area contributed by atoms with Gasteiger partial charge in [0.2, 0.25) is 0 Å². The minimum Gasteiger partial charge on any atom is -0.467 e. The van der Waals surface area contributed by atoms with Gasteiger partial charge in [0.25, 0.3) is 11.1 Å². The number of halogens is 2. The number of amides is 1. The van der Waals surface area contributed by atoms with E-state index in [1.807, 2.05) is 0 Å². The van der Waals surface area contributed by atoms with E-state index in [1.54, 1.807) is 29.2 Å². The summed E-state index contributed by atoms with van der Waals surface area (Å²) in [5.41, 5.74) is 0.194. The zero-order valence-electron chi connectivity index (χ0n) is 16.1. The van der Waals surface area contributed by atoms with E-state index < -0.39 is 11.6 Å². The third kappa shape index (κ3) is 3.76. The van der Waals surface area contributed by atoms with Crippen LogP contribution in [0.1, 0.15) is 23.4 Å². The quantitative estimate of drug-likeness (QED) is 0.471. The van der Waals surface area contributed by atoms with Gasteiger partial charge in [-0.15, -0.1) is 0 Å². The van der Waals surface area contributed by atoms with Crippen molar-refractivity contribution in [1.29, 1.82) is 0 Å². The summed E-state index contributed by atoms with van der Waals surface area (Å²) in [5, 5.41) is 0.697. The first-order valence-electron chi connectivity index (χ1n) is 9.72. The van der Waals surface area contributed by atoms with Crippen LogP contribution in [0.3, 0.4) is 0 Å². The summed E-state index contributed by atoms with van der Waals surface area (Å²) in [6, 6.07) is 10.0. The van der Waals surface area contributed by atoms with Crippen LogP contribution in [0.5, 0.6) is 5.19 Å². The average molecular weight is 442 g/mol. The Morgan fingerprint density at radius 2 is 1.94 bits per heavy atom. The maximum Gasteiger partial charge on any atom is 0.289 e. The van der Waals surface area contributed by atoms with Gasteiger partial charge in [0.1, 0.15) is 23.0 Å². The SMILES string of the molecule is O=C(c1cc(=O)c2ccccc2o1)N1CCC(Oc2nc3c(F)cc(F)cc3s2)CC1. The summed E-state index contributed by atoms with van der Waals surface area (Å²) >= 11 is 1.08.